The Morgan fingerprint density at radius 1 is 1.20 bits per heavy atom. The smallest absolute Gasteiger partial charge is 0.221 e. The molecule has 0 aliphatic heterocycles. The number of carbonyl (C=O) groups is 1. The lowest BCUT2D eigenvalue weighted by molar-refractivity contribution is -0.114. The number of aromatic amines is 1. The summed E-state index contributed by atoms with van der Waals surface area (Å²) < 4.78 is 0. The van der Waals surface area contributed by atoms with Gasteiger partial charge in [0.05, 0.1) is 5.52 Å². The fourth-order valence-corrected chi connectivity index (χ4v) is 2.19. The minimum absolute atomic E-state index is 0.0864. The summed E-state index contributed by atoms with van der Waals surface area (Å²) in [5, 5.41) is 10.5. The maximum Gasteiger partial charge on any atom is 0.221 e. The minimum atomic E-state index is -0.0864. The van der Waals surface area contributed by atoms with E-state index in [4.69, 9.17) is 5.73 Å². The molecule has 1 aromatic heterocycles. The second-order valence-electron chi connectivity index (χ2n) is 4.63. The zero-order valence-electron chi connectivity index (χ0n) is 11.0. The molecule has 0 aliphatic rings. The predicted molar refractivity (Wildman–Crippen MR) is 80.2 cm³/mol. The quantitative estimate of drug-likeness (QED) is 0.666. The fourth-order valence-electron chi connectivity index (χ4n) is 2.19. The third kappa shape index (κ3) is 2.21. The number of anilines is 2. The molecule has 0 bridgehead atoms. The molecule has 2 aromatic carbocycles. The van der Waals surface area contributed by atoms with Crippen molar-refractivity contribution < 1.29 is 4.79 Å². The van der Waals surface area contributed by atoms with Gasteiger partial charge in [0.25, 0.3) is 0 Å². The van der Waals surface area contributed by atoms with Crippen molar-refractivity contribution in [1.29, 1.82) is 0 Å². The molecular weight excluding hydrogens is 252 g/mol. The molecule has 0 unspecified atom stereocenters. The maximum absolute atomic E-state index is 11.1. The molecule has 0 aliphatic carbocycles. The molecule has 5 nitrogen and oxygen atoms in total. The van der Waals surface area contributed by atoms with Crippen molar-refractivity contribution in [2.75, 3.05) is 11.1 Å². The fraction of sp³-hybridized carbons (Fsp3) is 0.0667. The van der Waals surface area contributed by atoms with Crippen molar-refractivity contribution in [3.8, 4) is 11.1 Å². The Bertz CT molecular complexity index is 791. The van der Waals surface area contributed by atoms with Crippen LogP contribution in [0.5, 0.6) is 0 Å². The Balaban J connectivity index is 2.05. The first kappa shape index (κ1) is 12.2. The van der Waals surface area contributed by atoms with Crippen molar-refractivity contribution in [3.63, 3.8) is 0 Å². The number of nitrogens with two attached hydrogens (primary N) is 1. The lowest BCUT2D eigenvalue weighted by Crippen LogP contribution is -2.05. The largest absolute Gasteiger partial charge is 0.382 e. The second kappa shape index (κ2) is 4.70. The summed E-state index contributed by atoms with van der Waals surface area (Å²) in [7, 11) is 0. The van der Waals surface area contributed by atoms with Crippen molar-refractivity contribution in [3.05, 3.63) is 42.5 Å². The highest BCUT2D eigenvalue weighted by Crippen LogP contribution is 2.27. The van der Waals surface area contributed by atoms with Gasteiger partial charge in [-0.1, -0.05) is 18.2 Å². The number of nitrogens with one attached hydrogen (secondary N) is 2. The second-order valence-corrected chi connectivity index (χ2v) is 4.63. The molecule has 4 N–H and O–H groups in total. The highest BCUT2D eigenvalue weighted by atomic mass is 16.1. The first-order valence-corrected chi connectivity index (χ1v) is 6.25. The molecule has 0 spiro atoms. The van der Waals surface area contributed by atoms with Crippen molar-refractivity contribution in [1.82, 2.24) is 10.2 Å². The van der Waals surface area contributed by atoms with E-state index in [1.54, 1.807) is 0 Å². The van der Waals surface area contributed by atoms with Gasteiger partial charge in [0, 0.05) is 18.0 Å². The normalized spacial score (nSPS) is 10.7. The first-order chi connectivity index (χ1) is 9.63. The number of hydrogen-bond donors (Lipinski definition) is 3. The van der Waals surface area contributed by atoms with E-state index in [1.165, 1.54) is 6.92 Å². The molecule has 3 rings (SSSR count). The van der Waals surface area contributed by atoms with Crippen LogP contribution >= 0.6 is 0 Å². The Kier molecular flexibility index (Phi) is 2.87. The van der Waals surface area contributed by atoms with E-state index in [0.717, 1.165) is 27.7 Å². The van der Waals surface area contributed by atoms with Crippen molar-refractivity contribution >= 4 is 28.3 Å². The maximum atomic E-state index is 11.1. The van der Waals surface area contributed by atoms with Crippen LogP contribution in [-0.2, 0) is 4.79 Å². The topological polar surface area (TPSA) is 83.8 Å². The average Bonchev–Trinajstić information content (AvgIpc) is 2.80. The van der Waals surface area contributed by atoms with Crippen LogP contribution in [0, 0.1) is 0 Å². The van der Waals surface area contributed by atoms with Crippen molar-refractivity contribution in [2.24, 2.45) is 0 Å². The van der Waals surface area contributed by atoms with Crippen LogP contribution in [-0.4, -0.2) is 16.1 Å². The highest BCUT2D eigenvalue weighted by Gasteiger charge is 2.05. The monoisotopic (exact) mass is 266 g/mol. The summed E-state index contributed by atoms with van der Waals surface area (Å²) in [5.74, 6) is 0.400. The SMILES string of the molecule is CC(=O)Nc1cccc(-c2ccc3[nH]nc(N)c3c2)c1. The molecule has 20 heavy (non-hydrogen) atoms. The van der Waals surface area contributed by atoms with Gasteiger partial charge in [0.15, 0.2) is 5.82 Å². The average molecular weight is 266 g/mol. The van der Waals surface area contributed by atoms with E-state index < -0.39 is 0 Å². The van der Waals surface area contributed by atoms with Gasteiger partial charge >= 0.3 is 0 Å². The predicted octanol–water partition coefficient (Wildman–Crippen LogP) is 2.77. The molecule has 0 radical (unpaired) electrons. The van der Waals surface area contributed by atoms with Gasteiger partial charge < -0.3 is 11.1 Å². The van der Waals surface area contributed by atoms with Gasteiger partial charge in [0.1, 0.15) is 0 Å². The molecule has 3 aromatic rings. The Morgan fingerprint density at radius 3 is 2.80 bits per heavy atom. The van der Waals surface area contributed by atoms with Gasteiger partial charge in [-0.25, -0.2) is 0 Å². The number of aromatic nitrogens is 2. The number of nitrogen functional groups attached to an aromatic ring is 1. The van der Waals surface area contributed by atoms with E-state index in [0.29, 0.717) is 5.82 Å². The molecule has 1 amide bonds. The zero-order valence-corrected chi connectivity index (χ0v) is 11.0. The van der Waals surface area contributed by atoms with E-state index in [2.05, 4.69) is 15.5 Å². The molecule has 0 atom stereocenters. The van der Waals surface area contributed by atoms with E-state index in [-0.39, 0.29) is 5.91 Å². The Morgan fingerprint density at radius 2 is 2.00 bits per heavy atom. The first-order valence-electron chi connectivity index (χ1n) is 6.25. The third-order valence-corrected chi connectivity index (χ3v) is 3.11. The number of hydrogen-bond acceptors (Lipinski definition) is 3. The van der Waals surface area contributed by atoms with Crippen LogP contribution in [0.15, 0.2) is 42.5 Å². The number of benzene rings is 2. The van der Waals surface area contributed by atoms with E-state index >= 15 is 0 Å². The van der Waals surface area contributed by atoms with Crippen LogP contribution in [0.3, 0.4) is 0 Å². The van der Waals surface area contributed by atoms with Gasteiger partial charge in [-0.15, -0.1) is 0 Å². The van der Waals surface area contributed by atoms with Gasteiger partial charge in [-0.2, -0.15) is 5.10 Å². The summed E-state index contributed by atoms with van der Waals surface area (Å²) in [6, 6.07) is 13.6. The Hall–Kier alpha value is -2.82. The number of H-pyrrole nitrogens is 1. The Labute approximate surface area is 115 Å². The molecule has 0 fully saturated rings. The summed E-state index contributed by atoms with van der Waals surface area (Å²) >= 11 is 0. The third-order valence-electron chi connectivity index (χ3n) is 3.11. The summed E-state index contributed by atoms with van der Waals surface area (Å²) in [5.41, 5.74) is 9.54. The molecule has 100 valence electrons. The molecular formula is C15H14N4O. The molecule has 0 saturated carbocycles. The molecule has 1 heterocycles. The van der Waals surface area contributed by atoms with E-state index in [9.17, 15) is 4.79 Å². The van der Waals surface area contributed by atoms with Crippen LogP contribution in [0.2, 0.25) is 0 Å². The number of nitrogens with zero attached hydrogens (tertiary/aromatic N) is 1. The van der Waals surface area contributed by atoms with Crippen LogP contribution in [0.25, 0.3) is 22.0 Å². The van der Waals surface area contributed by atoms with Crippen LogP contribution in [0.4, 0.5) is 11.5 Å². The molecule has 5 heteroatoms. The van der Waals surface area contributed by atoms with Crippen LogP contribution in [0.1, 0.15) is 6.92 Å². The van der Waals surface area contributed by atoms with Gasteiger partial charge in [0.2, 0.25) is 5.91 Å². The van der Waals surface area contributed by atoms with Gasteiger partial charge in [-0.3, -0.25) is 9.89 Å². The minimum Gasteiger partial charge on any atom is -0.382 e. The lowest BCUT2D eigenvalue weighted by Gasteiger charge is -2.06. The van der Waals surface area contributed by atoms with Crippen LogP contribution < -0.4 is 11.1 Å². The zero-order chi connectivity index (χ0) is 14.1. The van der Waals surface area contributed by atoms with Crippen molar-refractivity contribution in [2.45, 2.75) is 6.92 Å². The highest BCUT2D eigenvalue weighted by molar-refractivity contribution is 5.93. The van der Waals surface area contributed by atoms with E-state index in [1.807, 2.05) is 42.5 Å². The number of fused-ring (bicyclic) bond motifs is 1. The number of rotatable bonds is 2. The van der Waals surface area contributed by atoms with Gasteiger partial charge in [-0.05, 0) is 35.4 Å². The summed E-state index contributed by atoms with van der Waals surface area (Å²) in [6.07, 6.45) is 0. The number of carbonyl (C=O) groups excluding carboxylic acids is 1. The summed E-state index contributed by atoms with van der Waals surface area (Å²) in [6.45, 7) is 1.49. The number of amides is 1. The lowest BCUT2D eigenvalue weighted by atomic mass is 10.0. The molecule has 0 saturated heterocycles. The standard InChI is InChI=1S/C15H14N4O/c1-9(20)17-12-4-2-3-10(7-12)11-5-6-14-13(8-11)15(16)19-18-14/h2-8H,1H3,(H,17,20)(H3,16,18,19). The summed E-state index contributed by atoms with van der Waals surface area (Å²) in [4.78, 5) is 11.1.